The second kappa shape index (κ2) is 4.45. The van der Waals surface area contributed by atoms with Crippen LogP contribution >= 0.6 is 0 Å². The van der Waals surface area contributed by atoms with Gasteiger partial charge in [0.05, 0.1) is 13.2 Å². The van der Waals surface area contributed by atoms with E-state index in [9.17, 15) is 9.59 Å². The molecule has 6 heteroatoms. The number of morpholine rings is 1. The first-order valence-electron chi connectivity index (χ1n) is 5.78. The van der Waals surface area contributed by atoms with Gasteiger partial charge in [0.25, 0.3) is 11.8 Å². The Kier molecular flexibility index (Phi) is 3.13. The minimum atomic E-state index is -1.10. The zero-order valence-electron chi connectivity index (χ0n) is 10.5. The average Bonchev–Trinajstić information content (AvgIpc) is 2.74. The van der Waals surface area contributed by atoms with Gasteiger partial charge in [0, 0.05) is 19.8 Å². The molecule has 2 rings (SSSR count). The molecule has 18 heavy (non-hydrogen) atoms. The van der Waals surface area contributed by atoms with Crippen molar-refractivity contribution in [2.24, 2.45) is 12.8 Å². The van der Waals surface area contributed by atoms with Gasteiger partial charge in [-0.25, -0.2) is 0 Å². The monoisotopic (exact) mass is 251 g/mol. The summed E-state index contributed by atoms with van der Waals surface area (Å²) in [7, 11) is 1.81. The van der Waals surface area contributed by atoms with Crippen molar-refractivity contribution in [2.75, 3.05) is 19.7 Å². The van der Waals surface area contributed by atoms with Crippen LogP contribution in [-0.4, -0.2) is 46.6 Å². The summed E-state index contributed by atoms with van der Waals surface area (Å²) in [4.78, 5) is 25.2. The lowest BCUT2D eigenvalue weighted by molar-refractivity contribution is -0.150. The van der Waals surface area contributed by atoms with Crippen molar-refractivity contribution in [3.05, 3.63) is 24.0 Å². The number of rotatable bonds is 2. The van der Waals surface area contributed by atoms with Gasteiger partial charge in [0.1, 0.15) is 5.69 Å². The largest absolute Gasteiger partial charge is 0.367 e. The van der Waals surface area contributed by atoms with E-state index in [1.54, 1.807) is 41.8 Å². The van der Waals surface area contributed by atoms with E-state index in [0.29, 0.717) is 18.8 Å². The molecule has 1 aliphatic heterocycles. The highest BCUT2D eigenvalue weighted by Gasteiger charge is 2.39. The van der Waals surface area contributed by atoms with E-state index < -0.39 is 11.5 Å². The summed E-state index contributed by atoms with van der Waals surface area (Å²) in [5, 5.41) is 0. The number of carbonyl (C=O) groups is 2. The molecule has 6 nitrogen and oxygen atoms in total. The number of hydrogen-bond acceptors (Lipinski definition) is 3. The molecule has 2 N–H and O–H groups in total. The first-order valence-corrected chi connectivity index (χ1v) is 5.78. The highest BCUT2D eigenvalue weighted by molar-refractivity contribution is 5.93. The number of aromatic nitrogens is 1. The van der Waals surface area contributed by atoms with Gasteiger partial charge >= 0.3 is 0 Å². The summed E-state index contributed by atoms with van der Waals surface area (Å²) in [6, 6.07) is 3.56. The zero-order valence-corrected chi connectivity index (χ0v) is 10.5. The molecule has 1 aromatic heterocycles. The summed E-state index contributed by atoms with van der Waals surface area (Å²) in [6.07, 6.45) is 1.81. The first-order chi connectivity index (χ1) is 8.44. The summed E-state index contributed by atoms with van der Waals surface area (Å²) >= 11 is 0. The maximum atomic E-state index is 12.3. The smallest absolute Gasteiger partial charge is 0.270 e. The molecule has 98 valence electrons. The maximum Gasteiger partial charge on any atom is 0.270 e. The number of aryl methyl sites for hydroxylation is 1. The highest BCUT2D eigenvalue weighted by Crippen LogP contribution is 2.19. The Hall–Kier alpha value is -1.82. The molecule has 1 atom stereocenters. The molecule has 1 aromatic rings. The van der Waals surface area contributed by atoms with Gasteiger partial charge in [-0.3, -0.25) is 9.59 Å². The van der Waals surface area contributed by atoms with Gasteiger partial charge in [-0.1, -0.05) is 0 Å². The molecule has 0 saturated carbocycles. The SMILES string of the molecule is Cn1cccc1C(=O)N1CCO[C@@](C)(C(N)=O)C1. The van der Waals surface area contributed by atoms with E-state index in [4.69, 9.17) is 10.5 Å². The predicted molar refractivity (Wildman–Crippen MR) is 64.9 cm³/mol. The fourth-order valence-corrected chi connectivity index (χ4v) is 2.04. The van der Waals surface area contributed by atoms with Gasteiger partial charge in [-0.15, -0.1) is 0 Å². The van der Waals surface area contributed by atoms with Gasteiger partial charge in [-0.05, 0) is 19.1 Å². The van der Waals surface area contributed by atoms with Crippen LogP contribution < -0.4 is 5.73 Å². The van der Waals surface area contributed by atoms with Gasteiger partial charge in [0.2, 0.25) is 0 Å². The molecule has 2 heterocycles. The van der Waals surface area contributed by atoms with E-state index in [-0.39, 0.29) is 12.5 Å². The van der Waals surface area contributed by atoms with Crippen molar-refractivity contribution in [1.82, 2.24) is 9.47 Å². The zero-order chi connectivity index (χ0) is 13.3. The van der Waals surface area contributed by atoms with Crippen LogP contribution in [0.1, 0.15) is 17.4 Å². The molecule has 0 radical (unpaired) electrons. The number of amides is 2. The lowest BCUT2D eigenvalue weighted by Gasteiger charge is -2.38. The fourth-order valence-electron chi connectivity index (χ4n) is 2.04. The van der Waals surface area contributed by atoms with Gasteiger partial charge in [0.15, 0.2) is 5.60 Å². The third kappa shape index (κ3) is 2.11. The van der Waals surface area contributed by atoms with E-state index >= 15 is 0 Å². The Balaban J connectivity index is 2.17. The van der Waals surface area contributed by atoms with E-state index in [1.807, 2.05) is 0 Å². The highest BCUT2D eigenvalue weighted by atomic mass is 16.5. The van der Waals surface area contributed by atoms with Crippen LogP contribution in [0.15, 0.2) is 18.3 Å². The van der Waals surface area contributed by atoms with Crippen LogP contribution in [0.2, 0.25) is 0 Å². The van der Waals surface area contributed by atoms with E-state index in [1.165, 1.54) is 0 Å². The third-order valence-corrected chi connectivity index (χ3v) is 3.25. The first kappa shape index (κ1) is 12.6. The molecule has 0 unspecified atom stereocenters. The van der Waals surface area contributed by atoms with Crippen LogP contribution in [0.3, 0.4) is 0 Å². The lowest BCUT2D eigenvalue weighted by Crippen LogP contribution is -2.58. The second-order valence-electron chi connectivity index (χ2n) is 4.67. The third-order valence-electron chi connectivity index (χ3n) is 3.25. The Morgan fingerprint density at radius 2 is 2.22 bits per heavy atom. The number of primary amides is 1. The molecule has 1 aliphatic rings. The molecular formula is C12H17N3O3. The molecule has 0 aromatic carbocycles. The minimum Gasteiger partial charge on any atom is -0.367 e. The minimum absolute atomic E-state index is 0.113. The van der Waals surface area contributed by atoms with Crippen molar-refractivity contribution >= 4 is 11.8 Å². The lowest BCUT2D eigenvalue weighted by atomic mass is 10.0. The normalized spacial score (nSPS) is 24.0. The molecular weight excluding hydrogens is 234 g/mol. The Morgan fingerprint density at radius 3 is 2.78 bits per heavy atom. The van der Waals surface area contributed by atoms with Crippen LogP contribution in [0.5, 0.6) is 0 Å². The number of nitrogens with zero attached hydrogens (tertiary/aromatic N) is 2. The van der Waals surface area contributed by atoms with Crippen molar-refractivity contribution in [3.63, 3.8) is 0 Å². The van der Waals surface area contributed by atoms with Crippen molar-refractivity contribution in [1.29, 1.82) is 0 Å². The quantitative estimate of drug-likeness (QED) is 0.786. The molecule has 0 spiro atoms. The van der Waals surface area contributed by atoms with Crippen LogP contribution in [0, 0.1) is 0 Å². The summed E-state index contributed by atoms with van der Waals surface area (Å²) in [6.45, 7) is 2.58. The predicted octanol–water partition coefficient (Wildman–Crippen LogP) is -0.258. The summed E-state index contributed by atoms with van der Waals surface area (Å²) in [5.74, 6) is -0.662. The molecule has 0 bridgehead atoms. The number of carbonyl (C=O) groups excluding carboxylic acids is 2. The molecule has 2 amide bonds. The van der Waals surface area contributed by atoms with Crippen LogP contribution in [0.25, 0.3) is 0 Å². The van der Waals surface area contributed by atoms with Crippen molar-refractivity contribution in [2.45, 2.75) is 12.5 Å². The van der Waals surface area contributed by atoms with E-state index in [0.717, 1.165) is 0 Å². The standard InChI is InChI=1S/C12H17N3O3/c1-12(11(13)17)8-15(6-7-18-12)10(16)9-4-3-5-14(9)2/h3-5H,6-8H2,1-2H3,(H2,13,17)/t12-/m1/s1. The topological polar surface area (TPSA) is 77.6 Å². The Morgan fingerprint density at radius 1 is 1.50 bits per heavy atom. The van der Waals surface area contributed by atoms with Gasteiger partial charge < -0.3 is 19.9 Å². The molecule has 1 fully saturated rings. The summed E-state index contributed by atoms with van der Waals surface area (Å²) < 4.78 is 7.13. The second-order valence-corrected chi connectivity index (χ2v) is 4.67. The fraction of sp³-hybridized carbons (Fsp3) is 0.500. The molecule has 1 saturated heterocycles. The van der Waals surface area contributed by atoms with Crippen molar-refractivity contribution < 1.29 is 14.3 Å². The van der Waals surface area contributed by atoms with Gasteiger partial charge in [-0.2, -0.15) is 0 Å². The number of ether oxygens (including phenoxy) is 1. The van der Waals surface area contributed by atoms with Crippen LogP contribution in [-0.2, 0) is 16.6 Å². The Bertz CT molecular complexity index is 483. The van der Waals surface area contributed by atoms with Crippen LogP contribution in [0.4, 0.5) is 0 Å². The van der Waals surface area contributed by atoms with E-state index in [2.05, 4.69) is 0 Å². The number of hydrogen-bond donors (Lipinski definition) is 1. The average molecular weight is 251 g/mol. The number of nitrogens with two attached hydrogens (primary N) is 1. The Labute approximate surface area is 105 Å². The summed E-state index contributed by atoms with van der Waals surface area (Å²) in [5.41, 5.74) is 4.79. The maximum absolute atomic E-state index is 12.3. The van der Waals surface area contributed by atoms with Crippen molar-refractivity contribution in [3.8, 4) is 0 Å². The molecule has 0 aliphatic carbocycles.